The van der Waals surface area contributed by atoms with Crippen molar-refractivity contribution in [2.45, 2.75) is 20.3 Å². The van der Waals surface area contributed by atoms with Crippen LogP contribution in [-0.4, -0.2) is 9.38 Å². The SMILES string of the molecule is CC(C)Cc1ccc(-c2cn3cc(Cl)cc(Cl)c3n2)cc1. The number of nitrogens with zero attached hydrogens (tertiary/aromatic N) is 2. The standard InChI is InChI=1S/C17H16Cl2N2/c1-11(2)7-12-3-5-13(6-4-12)16-10-21-9-14(18)8-15(19)17(21)20-16/h3-6,8-11H,7H2,1-2H3. The predicted octanol–water partition coefficient (Wildman–Crippen LogP) is 5.51. The molecule has 0 fully saturated rings. The summed E-state index contributed by atoms with van der Waals surface area (Å²) in [6.07, 6.45) is 4.85. The van der Waals surface area contributed by atoms with Gasteiger partial charge in [-0.2, -0.15) is 0 Å². The Morgan fingerprint density at radius 3 is 2.48 bits per heavy atom. The fourth-order valence-corrected chi connectivity index (χ4v) is 2.97. The van der Waals surface area contributed by atoms with Crippen molar-refractivity contribution in [2.24, 2.45) is 5.92 Å². The molecule has 2 nitrogen and oxygen atoms in total. The first kappa shape index (κ1) is 14.4. The number of halogens is 2. The molecule has 0 saturated heterocycles. The van der Waals surface area contributed by atoms with Crippen LogP contribution in [-0.2, 0) is 6.42 Å². The molecule has 0 aliphatic carbocycles. The number of hydrogen-bond donors (Lipinski definition) is 0. The van der Waals surface area contributed by atoms with Gasteiger partial charge in [-0.25, -0.2) is 4.98 Å². The van der Waals surface area contributed by atoms with Gasteiger partial charge in [0.05, 0.1) is 15.7 Å². The molecule has 3 rings (SSSR count). The van der Waals surface area contributed by atoms with E-state index in [1.807, 2.05) is 16.8 Å². The molecule has 0 aliphatic rings. The van der Waals surface area contributed by atoms with Gasteiger partial charge in [0.25, 0.3) is 0 Å². The molecule has 0 atom stereocenters. The number of aromatic nitrogens is 2. The van der Waals surface area contributed by atoms with E-state index in [2.05, 4.69) is 43.1 Å². The maximum absolute atomic E-state index is 6.18. The fraction of sp³-hybridized carbons (Fsp3) is 0.235. The fourth-order valence-electron chi connectivity index (χ4n) is 2.45. The molecule has 0 unspecified atom stereocenters. The lowest BCUT2D eigenvalue weighted by Crippen LogP contribution is -1.93. The quantitative estimate of drug-likeness (QED) is 0.622. The molecule has 0 saturated carbocycles. The van der Waals surface area contributed by atoms with Crippen molar-refractivity contribution in [3.8, 4) is 11.3 Å². The second-order valence-electron chi connectivity index (χ2n) is 5.66. The second kappa shape index (κ2) is 5.70. The van der Waals surface area contributed by atoms with Gasteiger partial charge < -0.3 is 4.40 Å². The van der Waals surface area contributed by atoms with Gasteiger partial charge in [-0.05, 0) is 24.0 Å². The monoisotopic (exact) mass is 318 g/mol. The summed E-state index contributed by atoms with van der Waals surface area (Å²) < 4.78 is 1.86. The maximum Gasteiger partial charge on any atom is 0.156 e. The molecule has 21 heavy (non-hydrogen) atoms. The van der Waals surface area contributed by atoms with Gasteiger partial charge in [0, 0.05) is 18.0 Å². The Kier molecular flexibility index (Phi) is 3.92. The number of imidazole rings is 1. The van der Waals surface area contributed by atoms with Crippen LogP contribution >= 0.6 is 23.2 Å². The molecule has 0 aliphatic heterocycles. The lowest BCUT2D eigenvalue weighted by atomic mass is 10.0. The van der Waals surface area contributed by atoms with E-state index >= 15 is 0 Å². The molecule has 0 N–H and O–H groups in total. The van der Waals surface area contributed by atoms with Crippen LogP contribution in [0.3, 0.4) is 0 Å². The highest BCUT2D eigenvalue weighted by Gasteiger charge is 2.08. The highest BCUT2D eigenvalue weighted by Crippen LogP contribution is 2.26. The topological polar surface area (TPSA) is 17.3 Å². The summed E-state index contributed by atoms with van der Waals surface area (Å²) in [6, 6.07) is 10.2. The Balaban J connectivity index is 1.98. The number of hydrogen-bond acceptors (Lipinski definition) is 1. The first-order valence-electron chi connectivity index (χ1n) is 6.96. The molecular formula is C17H16Cl2N2. The summed E-state index contributed by atoms with van der Waals surface area (Å²) in [6.45, 7) is 4.45. The van der Waals surface area contributed by atoms with E-state index in [4.69, 9.17) is 23.2 Å². The molecule has 2 aromatic heterocycles. The van der Waals surface area contributed by atoms with E-state index in [0.29, 0.717) is 16.0 Å². The molecule has 0 radical (unpaired) electrons. The van der Waals surface area contributed by atoms with E-state index in [1.165, 1.54) is 5.56 Å². The number of pyridine rings is 1. The van der Waals surface area contributed by atoms with Gasteiger partial charge in [0.2, 0.25) is 0 Å². The molecule has 0 bridgehead atoms. The zero-order chi connectivity index (χ0) is 15.0. The summed E-state index contributed by atoms with van der Waals surface area (Å²) in [7, 11) is 0. The van der Waals surface area contributed by atoms with Crippen LogP contribution in [0.2, 0.25) is 10.0 Å². The number of rotatable bonds is 3. The summed E-state index contributed by atoms with van der Waals surface area (Å²) in [5.41, 5.74) is 4.05. The average molecular weight is 319 g/mol. The van der Waals surface area contributed by atoms with E-state index in [1.54, 1.807) is 6.07 Å². The summed E-state index contributed by atoms with van der Waals surface area (Å²) in [5.74, 6) is 0.659. The van der Waals surface area contributed by atoms with Crippen LogP contribution < -0.4 is 0 Å². The van der Waals surface area contributed by atoms with Crippen molar-refractivity contribution in [3.05, 3.63) is 58.3 Å². The molecule has 108 valence electrons. The molecule has 4 heteroatoms. The zero-order valence-electron chi connectivity index (χ0n) is 12.0. The van der Waals surface area contributed by atoms with Crippen LogP contribution in [0.4, 0.5) is 0 Å². The molecular weight excluding hydrogens is 303 g/mol. The van der Waals surface area contributed by atoms with Crippen molar-refractivity contribution in [2.75, 3.05) is 0 Å². The summed E-state index contributed by atoms with van der Waals surface area (Å²) >= 11 is 12.2. The minimum Gasteiger partial charge on any atom is -0.304 e. The highest BCUT2D eigenvalue weighted by atomic mass is 35.5. The lowest BCUT2D eigenvalue weighted by Gasteiger charge is -2.05. The van der Waals surface area contributed by atoms with Gasteiger partial charge in [-0.15, -0.1) is 0 Å². The third-order valence-electron chi connectivity index (χ3n) is 3.37. The normalized spacial score (nSPS) is 11.5. The first-order valence-corrected chi connectivity index (χ1v) is 7.71. The molecule has 0 spiro atoms. The van der Waals surface area contributed by atoms with E-state index in [-0.39, 0.29) is 0 Å². The number of benzene rings is 1. The Hall–Kier alpha value is -1.51. The predicted molar refractivity (Wildman–Crippen MR) is 89.2 cm³/mol. The van der Waals surface area contributed by atoms with Crippen LogP contribution in [0.15, 0.2) is 42.7 Å². The van der Waals surface area contributed by atoms with Gasteiger partial charge >= 0.3 is 0 Å². The van der Waals surface area contributed by atoms with Crippen LogP contribution in [0.1, 0.15) is 19.4 Å². The minimum atomic E-state index is 0.560. The van der Waals surface area contributed by atoms with Gasteiger partial charge in [-0.3, -0.25) is 0 Å². The van der Waals surface area contributed by atoms with Crippen molar-refractivity contribution in [1.29, 1.82) is 0 Å². The average Bonchev–Trinajstić information content (AvgIpc) is 2.83. The van der Waals surface area contributed by atoms with Crippen molar-refractivity contribution in [3.63, 3.8) is 0 Å². The Bertz CT molecular complexity index is 773. The number of fused-ring (bicyclic) bond motifs is 1. The largest absolute Gasteiger partial charge is 0.304 e. The van der Waals surface area contributed by atoms with Crippen molar-refractivity contribution in [1.82, 2.24) is 9.38 Å². The molecule has 0 amide bonds. The minimum absolute atomic E-state index is 0.560. The van der Waals surface area contributed by atoms with Crippen LogP contribution in [0.25, 0.3) is 16.9 Å². The third-order valence-corrected chi connectivity index (χ3v) is 3.85. The van der Waals surface area contributed by atoms with Crippen LogP contribution in [0.5, 0.6) is 0 Å². The smallest absolute Gasteiger partial charge is 0.156 e. The van der Waals surface area contributed by atoms with Gasteiger partial charge in [-0.1, -0.05) is 61.3 Å². The molecule has 1 aromatic carbocycles. The highest BCUT2D eigenvalue weighted by molar-refractivity contribution is 6.36. The van der Waals surface area contributed by atoms with Gasteiger partial charge in [0.15, 0.2) is 5.65 Å². The van der Waals surface area contributed by atoms with Crippen molar-refractivity contribution >= 4 is 28.8 Å². The van der Waals surface area contributed by atoms with Crippen LogP contribution in [0, 0.1) is 5.92 Å². The summed E-state index contributed by atoms with van der Waals surface area (Å²) in [4.78, 5) is 4.59. The summed E-state index contributed by atoms with van der Waals surface area (Å²) in [5, 5.41) is 1.16. The lowest BCUT2D eigenvalue weighted by molar-refractivity contribution is 0.647. The Labute approximate surface area is 134 Å². The van der Waals surface area contributed by atoms with E-state index in [9.17, 15) is 0 Å². The van der Waals surface area contributed by atoms with E-state index < -0.39 is 0 Å². The molecule has 3 aromatic rings. The zero-order valence-corrected chi connectivity index (χ0v) is 13.5. The third kappa shape index (κ3) is 3.07. The first-order chi connectivity index (χ1) is 10.0. The Morgan fingerprint density at radius 2 is 1.81 bits per heavy atom. The Morgan fingerprint density at radius 1 is 1.10 bits per heavy atom. The van der Waals surface area contributed by atoms with E-state index in [0.717, 1.165) is 23.3 Å². The second-order valence-corrected chi connectivity index (χ2v) is 6.50. The van der Waals surface area contributed by atoms with Crippen molar-refractivity contribution < 1.29 is 0 Å². The maximum atomic E-state index is 6.18. The van der Waals surface area contributed by atoms with Gasteiger partial charge in [0.1, 0.15) is 0 Å². The molecule has 2 heterocycles.